The Morgan fingerprint density at radius 2 is 2.05 bits per heavy atom. The lowest BCUT2D eigenvalue weighted by atomic mass is 10.1. The molecule has 3 N–H and O–H groups in total. The van der Waals surface area contributed by atoms with Crippen molar-refractivity contribution in [3.63, 3.8) is 0 Å². The minimum Gasteiger partial charge on any atom is -0.507 e. The van der Waals surface area contributed by atoms with Crippen LogP contribution in [0.1, 0.15) is 21.6 Å². The number of rotatable bonds is 2. The van der Waals surface area contributed by atoms with Crippen molar-refractivity contribution >= 4 is 11.6 Å². The van der Waals surface area contributed by atoms with Crippen molar-refractivity contribution in [3.05, 3.63) is 47.3 Å². The molecule has 1 aromatic carbocycles. The van der Waals surface area contributed by atoms with E-state index in [4.69, 9.17) is 5.26 Å². The van der Waals surface area contributed by atoms with Gasteiger partial charge in [-0.15, -0.1) is 0 Å². The quantitative estimate of drug-likeness (QED) is 0.744. The predicted molar refractivity (Wildman–Crippen MR) is 66.6 cm³/mol. The second-order valence-electron chi connectivity index (χ2n) is 4.10. The molecule has 0 fully saturated rings. The zero-order valence-corrected chi connectivity index (χ0v) is 10.3. The number of benzene rings is 1. The number of carbonyl (C=O) groups is 1. The highest BCUT2D eigenvalue weighted by atomic mass is 19.4. The molecule has 0 aliphatic rings. The third-order valence-corrected chi connectivity index (χ3v) is 2.62. The van der Waals surface area contributed by atoms with Crippen molar-refractivity contribution in [3.8, 4) is 11.8 Å². The van der Waals surface area contributed by atoms with Gasteiger partial charge in [0.1, 0.15) is 17.5 Å². The fourth-order valence-electron chi connectivity index (χ4n) is 1.63. The molecular weight excluding hydrogens is 287 g/mol. The smallest absolute Gasteiger partial charge is 0.420 e. The van der Waals surface area contributed by atoms with E-state index in [9.17, 15) is 23.1 Å². The summed E-state index contributed by atoms with van der Waals surface area (Å²) in [5, 5.41) is 20.1. The van der Waals surface area contributed by atoms with Gasteiger partial charge in [0, 0.05) is 11.9 Å². The Morgan fingerprint density at radius 1 is 1.33 bits per heavy atom. The van der Waals surface area contributed by atoms with Gasteiger partial charge in [0.25, 0.3) is 5.91 Å². The van der Waals surface area contributed by atoms with E-state index in [1.807, 2.05) is 6.07 Å². The van der Waals surface area contributed by atoms with Crippen LogP contribution in [-0.4, -0.2) is 16.0 Å². The van der Waals surface area contributed by atoms with Crippen molar-refractivity contribution in [2.45, 2.75) is 6.18 Å². The number of H-pyrrole nitrogens is 1. The topological polar surface area (TPSA) is 88.9 Å². The number of nitrogens with one attached hydrogen (secondary N) is 2. The highest BCUT2D eigenvalue weighted by Gasteiger charge is 2.34. The minimum absolute atomic E-state index is 0.0354. The summed E-state index contributed by atoms with van der Waals surface area (Å²) < 4.78 is 37.9. The van der Waals surface area contributed by atoms with Gasteiger partial charge in [0.2, 0.25) is 0 Å². The number of hydrogen-bond donors (Lipinski definition) is 3. The second kappa shape index (κ2) is 5.20. The maximum Gasteiger partial charge on any atom is 0.420 e. The summed E-state index contributed by atoms with van der Waals surface area (Å²) in [4.78, 5) is 14.3. The summed E-state index contributed by atoms with van der Waals surface area (Å²) in [6.07, 6.45) is -3.43. The number of aromatic nitrogens is 1. The number of amides is 1. The van der Waals surface area contributed by atoms with Crippen LogP contribution in [0.15, 0.2) is 30.5 Å². The number of nitriles is 1. The standard InChI is InChI=1S/C13H8F3N3O2/c14-13(15,16)9-4-8(1-2-11(9)20)19-12(21)10-3-7(5-17)6-18-10/h1-4,6,18,20H,(H,19,21). The molecule has 1 heterocycles. The Morgan fingerprint density at radius 3 is 2.62 bits per heavy atom. The first-order chi connectivity index (χ1) is 9.81. The molecule has 2 rings (SSSR count). The first kappa shape index (κ1) is 14.5. The van der Waals surface area contributed by atoms with Gasteiger partial charge in [-0.25, -0.2) is 0 Å². The highest BCUT2D eigenvalue weighted by molar-refractivity contribution is 6.03. The van der Waals surface area contributed by atoms with Gasteiger partial charge in [0.15, 0.2) is 0 Å². The summed E-state index contributed by atoms with van der Waals surface area (Å²) in [6, 6.07) is 5.68. The summed E-state index contributed by atoms with van der Waals surface area (Å²) in [6.45, 7) is 0. The van der Waals surface area contributed by atoms with Gasteiger partial charge in [-0.3, -0.25) is 4.79 Å². The maximum atomic E-state index is 12.6. The van der Waals surface area contributed by atoms with Crippen LogP contribution in [0.3, 0.4) is 0 Å². The Bertz CT molecular complexity index is 729. The molecule has 0 aliphatic heterocycles. The lowest BCUT2D eigenvalue weighted by molar-refractivity contribution is -0.138. The maximum absolute atomic E-state index is 12.6. The summed E-state index contributed by atoms with van der Waals surface area (Å²) in [5.74, 6) is -1.62. The van der Waals surface area contributed by atoms with Gasteiger partial charge in [0.05, 0.1) is 11.1 Å². The summed E-state index contributed by atoms with van der Waals surface area (Å²) in [7, 11) is 0. The summed E-state index contributed by atoms with van der Waals surface area (Å²) >= 11 is 0. The molecule has 2 aromatic rings. The molecule has 0 saturated heterocycles. The lowest BCUT2D eigenvalue weighted by Gasteiger charge is -2.11. The highest BCUT2D eigenvalue weighted by Crippen LogP contribution is 2.37. The number of phenols is 1. The number of alkyl halides is 3. The molecule has 0 bridgehead atoms. The molecule has 0 saturated carbocycles. The van der Waals surface area contributed by atoms with Crippen LogP contribution in [0.2, 0.25) is 0 Å². The van der Waals surface area contributed by atoms with E-state index in [0.29, 0.717) is 6.07 Å². The zero-order chi connectivity index (χ0) is 15.6. The zero-order valence-electron chi connectivity index (χ0n) is 10.3. The third-order valence-electron chi connectivity index (χ3n) is 2.62. The van der Waals surface area contributed by atoms with Crippen LogP contribution in [0.5, 0.6) is 5.75 Å². The van der Waals surface area contributed by atoms with Crippen molar-refractivity contribution in [1.82, 2.24) is 4.98 Å². The fraction of sp³-hybridized carbons (Fsp3) is 0.0769. The van der Waals surface area contributed by atoms with Crippen LogP contribution >= 0.6 is 0 Å². The van der Waals surface area contributed by atoms with E-state index in [2.05, 4.69) is 10.3 Å². The SMILES string of the molecule is N#Cc1c[nH]c(C(=O)Nc2ccc(O)c(C(F)(F)F)c2)c1. The van der Waals surface area contributed by atoms with Gasteiger partial charge in [-0.2, -0.15) is 18.4 Å². The molecule has 0 aliphatic carbocycles. The summed E-state index contributed by atoms with van der Waals surface area (Å²) in [5.41, 5.74) is -1.11. The van der Waals surface area contributed by atoms with E-state index in [1.165, 1.54) is 12.3 Å². The second-order valence-corrected chi connectivity index (χ2v) is 4.10. The van der Waals surface area contributed by atoms with E-state index in [-0.39, 0.29) is 16.9 Å². The van der Waals surface area contributed by atoms with Gasteiger partial charge in [-0.1, -0.05) is 0 Å². The number of phenolic OH excluding ortho intramolecular Hbond substituents is 1. The first-order valence-corrected chi connectivity index (χ1v) is 5.61. The Kier molecular flexibility index (Phi) is 3.58. The Balaban J connectivity index is 2.24. The van der Waals surface area contributed by atoms with Crippen LogP contribution < -0.4 is 5.32 Å². The number of halogens is 3. The number of anilines is 1. The molecule has 0 atom stereocenters. The molecule has 1 aromatic heterocycles. The largest absolute Gasteiger partial charge is 0.507 e. The average molecular weight is 295 g/mol. The lowest BCUT2D eigenvalue weighted by Crippen LogP contribution is -2.13. The fourth-order valence-corrected chi connectivity index (χ4v) is 1.63. The van der Waals surface area contributed by atoms with Crippen molar-refractivity contribution in [1.29, 1.82) is 5.26 Å². The molecule has 108 valence electrons. The molecule has 5 nitrogen and oxygen atoms in total. The van der Waals surface area contributed by atoms with Crippen LogP contribution in [0.4, 0.5) is 18.9 Å². The van der Waals surface area contributed by atoms with E-state index < -0.39 is 23.4 Å². The van der Waals surface area contributed by atoms with E-state index >= 15 is 0 Å². The Hall–Kier alpha value is -2.95. The van der Waals surface area contributed by atoms with Crippen molar-refractivity contribution in [2.75, 3.05) is 5.32 Å². The number of carbonyl (C=O) groups excluding carboxylic acids is 1. The van der Waals surface area contributed by atoms with E-state index in [0.717, 1.165) is 12.1 Å². The van der Waals surface area contributed by atoms with Crippen molar-refractivity contribution < 1.29 is 23.1 Å². The average Bonchev–Trinajstić information content (AvgIpc) is 2.88. The van der Waals surface area contributed by atoms with Gasteiger partial charge in [-0.05, 0) is 24.3 Å². The normalized spacial score (nSPS) is 11.0. The predicted octanol–water partition coefficient (Wildman–Crippen LogP) is 2.86. The monoisotopic (exact) mass is 295 g/mol. The number of aromatic hydroxyl groups is 1. The number of hydrogen-bond acceptors (Lipinski definition) is 3. The first-order valence-electron chi connectivity index (χ1n) is 5.61. The molecular formula is C13H8F3N3O2. The van der Waals surface area contributed by atoms with Crippen LogP contribution in [0.25, 0.3) is 0 Å². The van der Waals surface area contributed by atoms with Crippen LogP contribution in [0, 0.1) is 11.3 Å². The van der Waals surface area contributed by atoms with E-state index in [1.54, 1.807) is 0 Å². The molecule has 1 amide bonds. The Labute approximate surface area is 116 Å². The van der Waals surface area contributed by atoms with Gasteiger partial charge >= 0.3 is 6.18 Å². The number of aromatic amines is 1. The molecule has 0 unspecified atom stereocenters. The number of nitrogens with zero attached hydrogens (tertiary/aromatic N) is 1. The molecule has 0 spiro atoms. The molecule has 0 radical (unpaired) electrons. The van der Waals surface area contributed by atoms with Crippen LogP contribution in [-0.2, 0) is 6.18 Å². The minimum atomic E-state index is -4.73. The van der Waals surface area contributed by atoms with Gasteiger partial charge < -0.3 is 15.4 Å². The molecule has 8 heteroatoms. The van der Waals surface area contributed by atoms with Crippen molar-refractivity contribution in [2.24, 2.45) is 0 Å². The molecule has 21 heavy (non-hydrogen) atoms. The third kappa shape index (κ3) is 3.14.